The van der Waals surface area contributed by atoms with Gasteiger partial charge in [0.1, 0.15) is 5.82 Å². The summed E-state index contributed by atoms with van der Waals surface area (Å²) in [5.74, 6) is -0.175. The topological polar surface area (TPSA) is 12.0 Å². The highest BCUT2D eigenvalue weighted by Crippen LogP contribution is 2.22. The molecule has 1 N–H and O–H groups in total. The summed E-state index contributed by atoms with van der Waals surface area (Å²) in [6.45, 7) is 4.02. The van der Waals surface area contributed by atoms with E-state index >= 15 is 0 Å². The quantitative estimate of drug-likeness (QED) is 0.839. The molecule has 19 heavy (non-hydrogen) atoms. The minimum atomic E-state index is -0.175. The number of rotatable bonds is 4. The molecule has 0 saturated heterocycles. The van der Waals surface area contributed by atoms with Crippen molar-refractivity contribution in [2.24, 2.45) is 0 Å². The van der Waals surface area contributed by atoms with E-state index in [4.69, 9.17) is 11.6 Å². The molecule has 2 rings (SSSR count). The fourth-order valence-electron chi connectivity index (χ4n) is 2.14. The second-order valence-electron chi connectivity index (χ2n) is 4.68. The van der Waals surface area contributed by atoms with E-state index in [1.165, 1.54) is 6.07 Å². The van der Waals surface area contributed by atoms with Gasteiger partial charge in [-0.2, -0.15) is 0 Å². The van der Waals surface area contributed by atoms with Gasteiger partial charge < -0.3 is 5.32 Å². The maximum Gasteiger partial charge on any atom is 0.127 e. The van der Waals surface area contributed by atoms with Gasteiger partial charge in [-0.1, -0.05) is 41.9 Å². The predicted octanol–water partition coefficient (Wildman–Crippen LogP) is 4.89. The first-order valence-corrected chi connectivity index (χ1v) is 6.71. The van der Waals surface area contributed by atoms with Crippen molar-refractivity contribution < 1.29 is 4.39 Å². The lowest BCUT2D eigenvalue weighted by atomic mass is 10.0. The van der Waals surface area contributed by atoms with Gasteiger partial charge in [0.25, 0.3) is 0 Å². The van der Waals surface area contributed by atoms with Crippen LogP contribution in [0.5, 0.6) is 0 Å². The van der Waals surface area contributed by atoms with Gasteiger partial charge in [0.15, 0.2) is 0 Å². The minimum Gasteiger partial charge on any atom is -0.304 e. The summed E-state index contributed by atoms with van der Waals surface area (Å²) in [4.78, 5) is 0. The molecule has 0 saturated carbocycles. The maximum absolute atomic E-state index is 13.7. The zero-order valence-corrected chi connectivity index (χ0v) is 11.8. The van der Waals surface area contributed by atoms with Gasteiger partial charge in [0.05, 0.1) is 0 Å². The minimum absolute atomic E-state index is 0.0492. The van der Waals surface area contributed by atoms with Gasteiger partial charge in [-0.05, 0) is 37.6 Å². The fraction of sp³-hybridized carbons (Fsp3) is 0.250. The first kappa shape index (κ1) is 14.0. The standard InChI is InChI=1S/C16H17ClFN/c1-11(13-7-9-14(17)10-8-13)19-12(2)15-5-3-4-6-16(15)18/h3-12,19H,1-2H3/t11?,12-/m1/s1. The zero-order valence-electron chi connectivity index (χ0n) is 11.0. The van der Waals surface area contributed by atoms with Crippen LogP contribution < -0.4 is 5.32 Å². The highest BCUT2D eigenvalue weighted by Gasteiger charge is 2.13. The van der Waals surface area contributed by atoms with E-state index in [0.717, 1.165) is 10.6 Å². The van der Waals surface area contributed by atoms with Crippen LogP contribution in [-0.4, -0.2) is 0 Å². The normalized spacial score (nSPS) is 14.1. The van der Waals surface area contributed by atoms with Crippen molar-refractivity contribution in [1.29, 1.82) is 0 Å². The monoisotopic (exact) mass is 277 g/mol. The van der Waals surface area contributed by atoms with Crippen LogP contribution in [0.3, 0.4) is 0 Å². The number of halogens is 2. The lowest BCUT2D eigenvalue weighted by Gasteiger charge is -2.21. The van der Waals surface area contributed by atoms with Gasteiger partial charge in [-0.25, -0.2) is 4.39 Å². The van der Waals surface area contributed by atoms with Gasteiger partial charge in [-0.15, -0.1) is 0 Å². The van der Waals surface area contributed by atoms with E-state index in [-0.39, 0.29) is 17.9 Å². The van der Waals surface area contributed by atoms with Crippen LogP contribution in [0.4, 0.5) is 4.39 Å². The molecule has 0 fully saturated rings. The number of nitrogens with one attached hydrogen (secondary N) is 1. The van der Waals surface area contributed by atoms with Gasteiger partial charge in [0, 0.05) is 22.7 Å². The molecule has 1 unspecified atom stereocenters. The van der Waals surface area contributed by atoms with Crippen LogP contribution >= 0.6 is 11.6 Å². The van der Waals surface area contributed by atoms with Crippen molar-refractivity contribution in [2.45, 2.75) is 25.9 Å². The molecular formula is C16H17ClFN. The van der Waals surface area contributed by atoms with Crippen LogP contribution in [0.2, 0.25) is 5.02 Å². The highest BCUT2D eigenvalue weighted by molar-refractivity contribution is 6.30. The SMILES string of the molecule is CC(N[C@H](C)c1ccccc1F)c1ccc(Cl)cc1. The molecule has 2 aromatic carbocycles. The summed E-state index contributed by atoms with van der Waals surface area (Å²) >= 11 is 5.87. The molecule has 3 heteroatoms. The van der Waals surface area contributed by atoms with Gasteiger partial charge in [0.2, 0.25) is 0 Å². The lowest BCUT2D eigenvalue weighted by molar-refractivity contribution is 0.474. The largest absolute Gasteiger partial charge is 0.304 e. The molecule has 0 spiro atoms. The Morgan fingerprint density at radius 3 is 2.21 bits per heavy atom. The summed E-state index contributed by atoms with van der Waals surface area (Å²) in [6.07, 6.45) is 0. The number of hydrogen-bond donors (Lipinski definition) is 1. The number of hydrogen-bond acceptors (Lipinski definition) is 1. The summed E-state index contributed by atoms with van der Waals surface area (Å²) in [7, 11) is 0. The Morgan fingerprint density at radius 1 is 0.947 bits per heavy atom. The second-order valence-corrected chi connectivity index (χ2v) is 5.12. The van der Waals surface area contributed by atoms with Crippen molar-refractivity contribution in [3.63, 3.8) is 0 Å². The van der Waals surface area contributed by atoms with Crippen LogP contribution in [0.25, 0.3) is 0 Å². The maximum atomic E-state index is 13.7. The molecule has 2 atom stereocenters. The summed E-state index contributed by atoms with van der Waals surface area (Å²) < 4.78 is 13.7. The molecule has 0 amide bonds. The van der Waals surface area contributed by atoms with E-state index in [1.807, 2.05) is 43.3 Å². The molecule has 2 aromatic rings. The predicted molar refractivity (Wildman–Crippen MR) is 77.8 cm³/mol. The van der Waals surface area contributed by atoms with Crippen molar-refractivity contribution in [3.05, 3.63) is 70.5 Å². The summed E-state index contributed by atoms with van der Waals surface area (Å²) in [5.41, 5.74) is 1.82. The molecule has 0 heterocycles. The third-order valence-electron chi connectivity index (χ3n) is 3.24. The molecule has 0 aliphatic heterocycles. The molecular weight excluding hydrogens is 261 g/mol. The third kappa shape index (κ3) is 3.55. The molecule has 0 aliphatic carbocycles. The Hall–Kier alpha value is -1.38. The fourth-order valence-corrected chi connectivity index (χ4v) is 2.26. The van der Waals surface area contributed by atoms with Crippen molar-refractivity contribution >= 4 is 11.6 Å². The molecule has 100 valence electrons. The van der Waals surface area contributed by atoms with E-state index in [2.05, 4.69) is 12.2 Å². The molecule has 0 aromatic heterocycles. The van der Waals surface area contributed by atoms with Crippen LogP contribution in [0.15, 0.2) is 48.5 Å². The Balaban J connectivity index is 2.08. The first-order chi connectivity index (χ1) is 9.08. The molecule has 1 nitrogen and oxygen atoms in total. The van der Waals surface area contributed by atoms with E-state index in [9.17, 15) is 4.39 Å². The average molecular weight is 278 g/mol. The number of benzene rings is 2. The van der Waals surface area contributed by atoms with Crippen LogP contribution in [0.1, 0.15) is 37.1 Å². The Morgan fingerprint density at radius 2 is 1.58 bits per heavy atom. The van der Waals surface area contributed by atoms with E-state index in [1.54, 1.807) is 6.07 Å². The smallest absolute Gasteiger partial charge is 0.127 e. The lowest BCUT2D eigenvalue weighted by Crippen LogP contribution is -2.23. The Bertz CT molecular complexity index is 539. The van der Waals surface area contributed by atoms with Gasteiger partial charge in [-0.3, -0.25) is 0 Å². The first-order valence-electron chi connectivity index (χ1n) is 6.34. The highest BCUT2D eigenvalue weighted by atomic mass is 35.5. The Kier molecular flexibility index (Phi) is 4.56. The summed E-state index contributed by atoms with van der Waals surface area (Å²) in [5, 5.41) is 4.11. The zero-order chi connectivity index (χ0) is 13.8. The third-order valence-corrected chi connectivity index (χ3v) is 3.49. The van der Waals surface area contributed by atoms with Crippen molar-refractivity contribution in [1.82, 2.24) is 5.32 Å². The van der Waals surface area contributed by atoms with Crippen LogP contribution in [0, 0.1) is 5.82 Å². The van der Waals surface area contributed by atoms with Crippen molar-refractivity contribution in [3.8, 4) is 0 Å². The van der Waals surface area contributed by atoms with Crippen molar-refractivity contribution in [2.75, 3.05) is 0 Å². The van der Waals surface area contributed by atoms with E-state index < -0.39 is 0 Å². The van der Waals surface area contributed by atoms with E-state index in [0.29, 0.717) is 5.56 Å². The van der Waals surface area contributed by atoms with Gasteiger partial charge >= 0.3 is 0 Å². The average Bonchev–Trinajstić information content (AvgIpc) is 2.39. The summed E-state index contributed by atoms with van der Waals surface area (Å²) in [6, 6.07) is 14.6. The second kappa shape index (κ2) is 6.18. The molecule has 0 radical (unpaired) electrons. The molecule has 0 aliphatic rings. The molecule has 0 bridgehead atoms. The van der Waals surface area contributed by atoms with Crippen LogP contribution in [-0.2, 0) is 0 Å². The Labute approximate surface area is 118 Å².